The largest absolute Gasteiger partial charge is 0.208 e. The van der Waals surface area contributed by atoms with E-state index in [1.54, 1.807) is 0 Å². The zero-order valence-electron chi connectivity index (χ0n) is 28.9. The van der Waals surface area contributed by atoms with E-state index < -0.39 is 5.41 Å². The van der Waals surface area contributed by atoms with Gasteiger partial charge in [-0.15, -0.1) is 0 Å². The van der Waals surface area contributed by atoms with Crippen LogP contribution in [0.1, 0.15) is 22.3 Å². The molecule has 1 aliphatic rings. The van der Waals surface area contributed by atoms with E-state index in [-0.39, 0.29) is 0 Å². The summed E-state index contributed by atoms with van der Waals surface area (Å²) in [7, 11) is 0. The molecule has 0 saturated carbocycles. The van der Waals surface area contributed by atoms with Crippen molar-refractivity contribution in [3.8, 4) is 56.4 Å². The monoisotopic (exact) mass is 675 g/mol. The lowest BCUT2D eigenvalue weighted by atomic mass is 9.67. The van der Waals surface area contributed by atoms with Crippen LogP contribution >= 0.6 is 0 Å². The van der Waals surface area contributed by atoms with Crippen LogP contribution in [0, 0.1) is 0 Å². The molecule has 0 aliphatic heterocycles. The van der Waals surface area contributed by atoms with Gasteiger partial charge in [0.25, 0.3) is 0 Å². The average molecular weight is 676 g/mol. The first-order valence-electron chi connectivity index (χ1n) is 18.0. The zero-order chi connectivity index (χ0) is 35.2. The van der Waals surface area contributed by atoms with Gasteiger partial charge in [-0.1, -0.05) is 182 Å². The Hall–Kier alpha value is -6.97. The van der Waals surface area contributed by atoms with Gasteiger partial charge in [-0.2, -0.15) is 0 Å². The smallest absolute Gasteiger partial charge is 0.164 e. The predicted octanol–water partition coefficient (Wildman–Crippen LogP) is 12.1. The molecule has 0 saturated heterocycles. The van der Waals surface area contributed by atoms with E-state index in [0.717, 1.165) is 27.8 Å². The fraction of sp³-hybridized carbons (Fsp3) is 0.0200. The maximum atomic E-state index is 5.26. The van der Waals surface area contributed by atoms with Gasteiger partial charge < -0.3 is 0 Å². The molecule has 0 fully saturated rings. The topological polar surface area (TPSA) is 38.7 Å². The number of benzene rings is 8. The van der Waals surface area contributed by atoms with Crippen molar-refractivity contribution in [2.75, 3.05) is 0 Å². The lowest BCUT2D eigenvalue weighted by molar-refractivity contribution is 0.769. The Balaban J connectivity index is 1.33. The molecule has 0 amide bonds. The van der Waals surface area contributed by atoms with Gasteiger partial charge in [0.1, 0.15) is 0 Å². The molecule has 1 aromatic heterocycles. The summed E-state index contributed by atoms with van der Waals surface area (Å²) >= 11 is 0. The maximum Gasteiger partial charge on any atom is 0.164 e. The summed E-state index contributed by atoms with van der Waals surface area (Å²) in [5.41, 5.74) is 11.8. The highest BCUT2D eigenvalue weighted by molar-refractivity contribution is 5.96. The van der Waals surface area contributed by atoms with Crippen LogP contribution in [0.3, 0.4) is 0 Å². The second-order valence-corrected chi connectivity index (χ2v) is 13.6. The van der Waals surface area contributed by atoms with E-state index in [2.05, 4.69) is 164 Å². The summed E-state index contributed by atoms with van der Waals surface area (Å²) in [5, 5.41) is 2.38. The minimum atomic E-state index is -0.540. The van der Waals surface area contributed by atoms with E-state index in [1.807, 2.05) is 36.4 Å². The van der Waals surface area contributed by atoms with Crippen molar-refractivity contribution in [2.24, 2.45) is 0 Å². The second kappa shape index (κ2) is 12.7. The van der Waals surface area contributed by atoms with Gasteiger partial charge in [0, 0.05) is 16.7 Å². The van der Waals surface area contributed by atoms with Crippen molar-refractivity contribution in [3.63, 3.8) is 0 Å². The Morgan fingerprint density at radius 3 is 1.42 bits per heavy atom. The first-order valence-corrected chi connectivity index (χ1v) is 18.0. The molecule has 3 heteroatoms. The Bertz CT molecular complexity index is 2660. The molecule has 0 N–H and O–H groups in total. The summed E-state index contributed by atoms with van der Waals surface area (Å²) < 4.78 is 0. The Morgan fingerprint density at radius 1 is 0.283 bits per heavy atom. The predicted molar refractivity (Wildman–Crippen MR) is 216 cm³/mol. The van der Waals surface area contributed by atoms with Crippen molar-refractivity contribution in [1.82, 2.24) is 15.0 Å². The van der Waals surface area contributed by atoms with Gasteiger partial charge in [0.05, 0.1) is 5.41 Å². The van der Waals surface area contributed by atoms with E-state index >= 15 is 0 Å². The van der Waals surface area contributed by atoms with Gasteiger partial charge in [-0.3, -0.25) is 0 Å². The van der Waals surface area contributed by atoms with E-state index in [9.17, 15) is 0 Å². The van der Waals surface area contributed by atoms with Crippen LogP contribution in [-0.2, 0) is 5.41 Å². The first kappa shape index (κ1) is 30.8. The molecule has 0 atom stereocenters. The van der Waals surface area contributed by atoms with Crippen LogP contribution < -0.4 is 0 Å². The first-order chi connectivity index (χ1) is 26.3. The summed E-state index contributed by atoms with van der Waals surface area (Å²) in [4.78, 5) is 15.6. The third-order valence-electron chi connectivity index (χ3n) is 10.6. The lowest BCUT2D eigenvalue weighted by Gasteiger charge is -2.34. The summed E-state index contributed by atoms with van der Waals surface area (Å²) in [6, 6.07) is 71.2. The van der Waals surface area contributed by atoms with Crippen LogP contribution in [0.25, 0.3) is 67.2 Å². The van der Waals surface area contributed by atoms with E-state index in [0.29, 0.717) is 17.5 Å². The molecule has 1 heterocycles. The molecule has 10 rings (SSSR count). The van der Waals surface area contributed by atoms with Crippen molar-refractivity contribution in [3.05, 3.63) is 222 Å². The molecule has 8 aromatic carbocycles. The molecule has 9 aromatic rings. The molecule has 0 bridgehead atoms. The highest BCUT2D eigenvalue weighted by Crippen LogP contribution is 2.58. The molecule has 3 nitrogen and oxygen atoms in total. The number of aromatic nitrogens is 3. The molecular formula is C50H33N3. The molecular weight excluding hydrogens is 643 g/mol. The van der Waals surface area contributed by atoms with Crippen LogP contribution in [0.5, 0.6) is 0 Å². The van der Waals surface area contributed by atoms with Crippen LogP contribution in [0.4, 0.5) is 0 Å². The Kier molecular flexibility index (Phi) is 7.36. The standard InChI is InChI=1S/C50H33N3/c1-5-18-35(19-6-1)47-51-48(36-20-7-2-8-21-36)53-49(52-47)44-32-43-41-27-15-16-28-45(41)50(39-23-9-3-10-24-39,40-25-11-4-12-26-40)46(43)33-42(44)38-30-29-34-17-13-14-22-37(34)31-38/h1-33H. The maximum absolute atomic E-state index is 5.26. The second-order valence-electron chi connectivity index (χ2n) is 13.6. The minimum Gasteiger partial charge on any atom is -0.208 e. The third kappa shape index (κ3) is 5.09. The fourth-order valence-electron chi connectivity index (χ4n) is 8.20. The van der Waals surface area contributed by atoms with Crippen molar-refractivity contribution >= 4 is 10.8 Å². The number of hydrogen-bond donors (Lipinski definition) is 0. The Morgan fingerprint density at radius 2 is 0.792 bits per heavy atom. The molecule has 0 spiro atoms. The molecule has 53 heavy (non-hydrogen) atoms. The van der Waals surface area contributed by atoms with E-state index in [1.165, 1.54) is 44.2 Å². The number of hydrogen-bond acceptors (Lipinski definition) is 3. The van der Waals surface area contributed by atoms with Gasteiger partial charge in [0.2, 0.25) is 0 Å². The quantitative estimate of drug-likeness (QED) is 0.176. The minimum absolute atomic E-state index is 0.540. The fourth-order valence-corrected chi connectivity index (χ4v) is 8.20. The average Bonchev–Trinajstić information content (AvgIpc) is 3.54. The van der Waals surface area contributed by atoms with E-state index in [4.69, 9.17) is 15.0 Å². The summed E-state index contributed by atoms with van der Waals surface area (Å²) in [6.45, 7) is 0. The molecule has 0 unspecified atom stereocenters. The van der Waals surface area contributed by atoms with Crippen molar-refractivity contribution < 1.29 is 0 Å². The van der Waals surface area contributed by atoms with Crippen LogP contribution in [-0.4, -0.2) is 15.0 Å². The van der Waals surface area contributed by atoms with Crippen LogP contribution in [0.2, 0.25) is 0 Å². The van der Waals surface area contributed by atoms with Crippen molar-refractivity contribution in [1.29, 1.82) is 0 Å². The number of nitrogens with zero attached hydrogens (tertiary/aromatic N) is 3. The van der Waals surface area contributed by atoms with Gasteiger partial charge in [-0.05, 0) is 73.5 Å². The number of fused-ring (bicyclic) bond motifs is 4. The normalized spacial score (nSPS) is 12.7. The Labute approximate surface area is 309 Å². The van der Waals surface area contributed by atoms with Crippen LogP contribution in [0.15, 0.2) is 200 Å². The number of rotatable bonds is 6. The summed E-state index contributed by atoms with van der Waals surface area (Å²) in [6.07, 6.45) is 0. The summed E-state index contributed by atoms with van der Waals surface area (Å²) in [5.74, 6) is 1.92. The molecule has 1 aliphatic carbocycles. The SMILES string of the molecule is c1ccc(-c2nc(-c3ccccc3)nc(-c3cc4c(cc3-c3ccc5ccccc5c3)C(c3ccccc3)(c3ccccc3)c3ccccc3-4)n2)cc1. The molecule has 0 radical (unpaired) electrons. The highest BCUT2D eigenvalue weighted by Gasteiger charge is 2.46. The highest BCUT2D eigenvalue weighted by atomic mass is 15.0. The lowest BCUT2D eigenvalue weighted by Crippen LogP contribution is -2.28. The van der Waals surface area contributed by atoms with Gasteiger partial charge in [0.15, 0.2) is 17.5 Å². The van der Waals surface area contributed by atoms with Gasteiger partial charge >= 0.3 is 0 Å². The van der Waals surface area contributed by atoms with Crippen molar-refractivity contribution in [2.45, 2.75) is 5.41 Å². The zero-order valence-corrected chi connectivity index (χ0v) is 28.9. The third-order valence-corrected chi connectivity index (χ3v) is 10.6. The molecule has 248 valence electrons. The van der Waals surface area contributed by atoms with Gasteiger partial charge in [-0.25, -0.2) is 15.0 Å².